The lowest BCUT2D eigenvalue weighted by Crippen LogP contribution is -1.95. The smallest absolute Gasteiger partial charge is 0.182 e. The van der Waals surface area contributed by atoms with E-state index >= 15 is 0 Å². The molecule has 6 nitrogen and oxygen atoms in total. The van der Waals surface area contributed by atoms with Crippen LogP contribution in [-0.4, -0.2) is 19.9 Å². The average molecular weight is 236 g/mol. The van der Waals surface area contributed by atoms with Crippen LogP contribution in [0.4, 0.5) is 11.5 Å². The molecule has 3 rings (SSSR count). The molecule has 18 heavy (non-hydrogen) atoms. The fraction of sp³-hybridized carbons (Fsp3) is 0. The SMILES string of the molecule is N#Cc1ccc(Nc2ncnc3nc[nH]c23)cc1. The van der Waals surface area contributed by atoms with Crippen molar-refractivity contribution in [3.05, 3.63) is 42.5 Å². The predicted molar refractivity (Wildman–Crippen MR) is 66.1 cm³/mol. The van der Waals surface area contributed by atoms with Crippen LogP contribution in [0.2, 0.25) is 0 Å². The number of benzene rings is 1. The Hall–Kier alpha value is -2.94. The summed E-state index contributed by atoms with van der Waals surface area (Å²) in [5, 5.41) is 11.9. The number of nitrogens with one attached hydrogen (secondary N) is 2. The minimum absolute atomic E-state index is 0.612. The lowest BCUT2D eigenvalue weighted by atomic mass is 10.2. The first-order valence-corrected chi connectivity index (χ1v) is 5.28. The Kier molecular flexibility index (Phi) is 2.35. The number of nitrogens with zero attached hydrogens (tertiary/aromatic N) is 4. The van der Waals surface area contributed by atoms with Gasteiger partial charge in [-0.25, -0.2) is 15.0 Å². The van der Waals surface area contributed by atoms with Crippen molar-refractivity contribution in [1.82, 2.24) is 19.9 Å². The van der Waals surface area contributed by atoms with Crippen molar-refractivity contribution in [3.8, 4) is 6.07 Å². The highest BCUT2D eigenvalue weighted by molar-refractivity contribution is 5.84. The maximum Gasteiger partial charge on any atom is 0.182 e. The van der Waals surface area contributed by atoms with Crippen molar-refractivity contribution in [1.29, 1.82) is 5.26 Å². The molecular formula is C12H8N6. The van der Waals surface area contributed by atoms with Gasteiger partial charge in [-0.15, -0.1) is 0 Å². The molecule has 2 aromatic heterocycles. The van der Waals surface area contributed by atoms with Crippen LogP contribution in [0.25, 0.3) is 11.2 Å². The Morgan fingerprint density at radius 1 is 1.11 bits per heavy atom. The van der Waals surface area contributed by atoms with Gasteiger partial charge >= 0.3 is 0 Å². The van der Waals surface area contributed by atoms with Gasteiger partial charge < -0.3 is 10.3 Å². The molecule has 0 amide bonds. The number of rotatable bonds is 2. The molecule has 6 heteroatoms. The number of aromatic amines is 1. The van der Waals surface area contributed by atoms with Gasteiger partial charge in [-0.2, -0.15) is 5.26 Å². The number of imidazole rings is 1. The number of nitriles is 1. The van der Waals surface area contributed by atoms with Gasteiger partial charge in [0.25, 0.3) is 0 Å². The molecule has 2 heterocycles. The van der Waals surface area contributed by atoms with Crippen LogP contribution >= 0.6 is 0 Å². The number of fused-ring (bicyclic) bond motifs is 1. The quantitative estimate of drug-likeness (QED) is 0.709. The number of aromatic nitrogens is 4. The molecule has 0 spiro atoms. The van der Waals surface area contributed by atoms with Crippen LogP contribution in [0.5, 0.6) is 0 Å². The van der Waals surface area contributed by atoms with Gasteiger partial charge in [-0.3, -0.25) is 0 Å². The summed E-state index contributed by atoms with van der Waals surface area (Å²) in [7, 11) is 0. The van der Waals surface area contributed by atoms with Crippen LogP contribution in [0.1, 0.15) is 5.56 Å². The summed E-state index contributed by atoms with van der Waals surface area (Å²) in [4.78, 5) is 15.2. The molecule has 3 aromatic rings. The Morgan fingerprint density at radius 3 is 2.72 bits per heavy atom. The van der Waals surface area contributed by atoms with Crippen molar-refractivity contribution in [2.45, 2.75) is 0 Å². The predicted octanol–water partition coefficient (Wildman–Crippen LogP) is 1.97. The van der Waals surface area contributed by atoms with Crippen LogP contribution in [0, 0.1) is 11.3 Å². The molecule has 0 atom stereocenters. The van der Waals surface area contributed by atoms with Crippen molar-refractivity contribution in [3.63, 3.8) is 0 Å². The van der Waals surface area contributed by atoms with Gasteiger partial charge in [0.15, 0.2) is 11.5 Å². The molecule has 1 aromatic carbocycles. The Morgan fingerprint density at radius 2 is 1.94 bits per heavy atom. The van der Waals surface area contributed by atoms with E-state index in [-0.39, 0.29) is 0 Å². The van der Waals surface area contributed by atoms with Gasteiger partial charge in [0, 0.05) is 5.69 Å². The minimum atomic E-state index is 0.612. The lowest BCUT2D eigenvalue weighted by Gasteiger charge is -2.05. The summed E-state index contributed by atoms with van der Waals surface area (Å²) >= 11 is 0. The largest absolute Gasteiger partial charge is 0.340 e. The highest BCUT2D eigenvalue weighted by Crippen LogP contribution is 2.20. The lowest BCUT2D eigenvalue weighted by molar-refractivity contribution is 1.20. The zero-order valence-electron chi connectivity index (χ0n) is 9.25. The van der Waals surface area contributed by atoms with E-state index in [4.69, 9.17) is 5.26 Å². The summed E-state index contributed by atoms with van der Waals surface area (Å²) in [6.07, 6.45) is 3.03. The van der Waals surface area contributed by atoms with E-state index in [0.717, 1.165) is 11.2 Å². The second-order valence-electron chi connectivity index (χ2n) is 3.64. The first kappa shape index (κ1) is 10.2. The summed E-state index contributed by atoms with van der Waals surface area (Å²) in [5.41, 5.74) is 2.83. The maximum atomic E-state index is 8.73. The zero-order chi connectivity index (χ0) is 12.4. The molecule has 2 N–H and O–H groups in total. The van der Waals surface area contributed by atoms with E-state index in [0.29, 0.717) is 17.0 Å². The third-order valence-electron chi connectivity index (χ3n) is 2.50. The van der Waals surface area contributed by atoms with Crippen molar-refractivity contribution in [2.24, 2.45) is 0 Å². The van der Waals surface area contributed by atoms with Crippen molar-refractivity contribution < 1.29 is 0 Å². The summed E-state index contributed by atoms with van der Waals surface area (Å²) in [6.45, 7) is 0. The second-order valence-corrected chi connectivity index (χ2v) is 3.64. The fourth-order valence-corrected chi connectivity index (χ4v) is 1.62. The first-order chi connectivity index (χ1) is 8.86. The molecule has 0 saturated heterocycles. The summed E-state index contributed by atoms with van der Waals surface area (Å²) in [5.74, 6) is 0.655. The third kappa shape index (κ3) is 1.74. The first-order valence-electron chi connectivity index (χ1n) is 5.28. The fourth-order valence-electron chi connectivity index (χ4n) is 1.62. The molecule has 0 aliphatic heterocycles. The number of hydrogen-bond acceptors (Lipinski definition) is 5. The van der Waals surface area contributed by atoms with Crippen LogP contribution in [0.3, 0.4) is 0 Å². The van der Waals surface area contributed by atoms with Crippen molar-refractivity contribution >= 4 is 22.7 Å². The molecule has 0 fully saturated rings. The molecule has 0 aliphatic rings. The summed E-state index contributed by atoms with van der Waals surface area (Å²) in [6, 6.07) is 9.21. The second kappa shape index (κ2) is 4.14. The molecule has 0 unspecified atom stereocenters. The van der Waals surface area contributed by atoms with Crippen LogP contribution in [0.15, 0.2) is 36.9 Å². The van der Waals surface area contributed by atoms with Gasteiger partial charge in [-0.1, -0.05) is 0 Å². The highest BCUT2D eigenvalue weighted by atomic mass is 15.1. The van der Waals surface area contributed by atoms with Crippen molar-refractivity contribution in [2.75, 3.05) is 5.32 Å². The Labute approximate surface area is 102 Å². The summed E-state index contributed by atoms with van der Waals surface area (Å²) < 4.78 is 0. The van der Waals surface area contributed by atoms with Gasteiger partial charge in [0.1, 0.15) is 11.8 Å². The zero-order valence-corrected chi connectivity index (χ0v) is 9.25. The van der Waals surface area contributed by atoms with Crippen LogP contribution in [-0.2, 0) is 0 Å². The van der Waals surface area contributed by atoms with E-state index in [9.17, 15) is 0 Å². The number of hydrogen-bond donors (Lipinski definition) is 2. The minimum Gasteiger partial charge on any atom is -0.340 e. The number of anilines is 2. The Balaban J connectivity index is 1.96. The van der Waals surface area contributed by atoms with Gasteiger partial charge in [0.2, 0.25) is 0 Å². The monoisotopic (exact) mass is 236 g/mol. The van der Waals surface area contributed by atoms with E-state index < -0.39 is 0 Å². The van der Waals surface area contributed by atoms with Crippen LogP contribution < -0.4 is 5.32 Å². The molecule has 0 bridgehead atoms. The molecule has 0 aliphatic carbocycles. The van der Waals surface area contributed by atoms with Gasteiger partial charge in [0.05, 0.1) is 18.0 Å². The molecule has 0 saturated carbocycles. The molecule has 86 valence electrons. The van der Waals surface area contributed by atoms with E-state index in [1.165, 1.54) is 6.33 Å². The number of H-pyrrole nitrogens is 1. The average Bonchev–Trinajstić information content (AvgIpc) is 2.89. The normalized spacial score (nSPS) is 10.2. The third-order valence-corrected chi connectivity index (χ3v) is 2.50. The van der Waals surface area contributed by atoms with E-state index in [2.05, 4.69) is 31.3 Å². The van der Waals surface area contributed by atoms with E-state index in [1.807, 2.05) is 12.1 Å². The van der Waals surface area contributed by atoms with E-state index in [1.54, 1.807) is 18.5 Å². The Bertz CT molecular complexity index is 722. The molecule has 0 radical (unpaired) electrons. The standard InChI is InChI=1S/C12H8N6/c13-5-8-1-3-9(4-2-8)18-12-10-11(15-6-14-10)16-7-17-12/h1-4,6-7H,(H2,14,15,16,17,18). The topological polar surface area (TPSA) is 90.3 Å². The molecular weight excluding hydrogens is 228 g/mol. The van der Waals surface area contributed by atoms with Gasteiger partial charge in [-0.05, 0) is 24.3 Å². The highest BCUT2D eigenvalue weighted by Gasteiger charge is 2.05. The maximum absolute atomic E-state index is 8.73.